The molecule has 0 bridgehead atoms. The Morgan fingerprint density at radius 1 is 1.40 bits per heavy atom. The fraction of sp³-hybridized carbons (Fsp3) is 0.312. The SMILES string of the molecule is CCCN1C(=O)S/C(=C/c2cc(Cl)c(OCC(=O)OC)c(Br)c2)C1=O. The maximum absolute atomic E-state index is 12.3. The summed E-state index contributed by atoms with van der Waals surface area (Å²) in [5.41, 5.74) is 0.629. The van der Waals surface area contributed by atoms with Crippen LogP contribution in [0.4, 0.5) is 4.79 Å². The van der Waals surface area contributed by atoms with Crippen molar-refractivity contribution in [1.82, 2.24) is 4.90 Å². The van der Waals surface area contributed by atoms with Gasteiger partial charge < -0.3 is 9.47 Å². The van der Waals surface area contributed by atoms with Crippen molar-refractivity contribution in [3.8, 4) is 5.75 Å². The van der Waals surface area contributed by atoms with E-state index in [1.807, 2.05) is 6.92 Å². The number of halogens is 2. The third-order valence-corrected chi connectivity index (χ3v) is 4.98. The van der Waals surface area contributed by atoms with E-state index in [0.717, 1.165) is 11.8 Å². The van der Waals surface area contributed by atoms with E-state index in [1.165, 1.54) is 12.0 Å². The van der Waals surface area contributed by atoms with Crippen molar-refractivity contribution in [2.75, 3.05) is 20.3 Å². The molecule has 0 aromatic heterocycles. The van der Waals surface area contributed by atoms with Gasteiger partial charge in [-0.25, -0.2) is 4.79 Å². The predicted octanol–water partition coefficient (Wildman–Crippen LogP) is 4.10. The van der Waals surface area contributed by atoms with E-state index in [4.69, 9.17) is 16.3 Å². The highest BCUT2D eigenvalue weighted by Crippen LogP contribution is 2.37. The van der Waals surface area contributed by atoms with Gasteiger partial charge in [0.15, 0.2) is 12.4 Å². The summed E-state index contributed by atoms with van der Waals surface area (Å²) in [6.45, 7) is 2.02. The van der Waals surface area contributed by atoms with E-state index in [-0.39, 0.29) is 22.8 Å². The Hall–Kier alpha value is -1.51. The van der Waals surface area contributed by atoms with Gasteiger partial charge in [-0.05, 0) is 57.9 Å². The number of carbonyl (C=O) groups excluding carboxylic acids is 3. The highest BCUT2D eigenvalue weighted by molar-refractivity contribution is 9.10. The van der Waals surface area contributed by atoms with E-state index in [9.17, 15) is 14.4 Å². The van der Waals surface area contributed by atoms with Crippen LogP contribution in [0.15, 0.2) is 21.5 Å². The summed E-state index contributed by atoms with van der Waals surface area (Å²) < 4.78 is 10.3. The van der Waals surface area contributed by atoms with Crippen LogP contribution in [-0.4, -0.2) is 42.3 Å². The third-order valence-electron chi connectivity index (χ3n) is 3.20. The second-order valence-corrected chi connectivity index (χ2v) is 7.27. The molecule has 0 spiro atoms. The molecule has 1 aliphatic rings. The van der Waals surface area contributed by atoms with Crippen molar-refractivity contribution in [2.45, 2.75) is 13.3 Å². The molecule has 1 aromatic carbocycles. The van der Waals surface area contributed by atoms with E-state index in [0.29, 0.717) is 33.7 Å². The van der Waals surface area contributed by atoms with Gasteiger partial charge >= 0.3 is 5.97 Å². The lowest BCUT2D eigenvalue weighted by atomic mass is 10.2. The van der Waals surface area contributed by atoms with E-state index >= 15 is 0 Å². The monoisotopic (exact) mass is 447 g/mol. The zero-order valence-electron chi connectivity index (χ0n) is 13.5. The summed E-state index contributed by atoms with van der Waals surface area (Å²) in [6, 6.07) is 3.28. The molecule has 2 amide bonds. The van der Waals surface area contributed by atoms with Crippen molar-refractivity contribution in [3.05, 3.63) is 32.1 Å². The Labute approximate surface area is 162 Å². The van der Waals surface area contributed by atoms with Gasteiger partial charge in [0.1, 0.15) is 0 Å². The molecule has 1 aliphatic heterocycles. The summed E-state index contributed by atoms with van der Waals surface area (Å²) in [5.74, 6) is -0.546. The molecule has 0 saturated carbocycles. The average molecular weight is 449 g/mol. The van der Waals surface area contributed by atoms with Gasteiger partial charge in [0, 0.05) is 6.54 Å². The molecule has 9 heteroatoms. The predicted molar refractivity (Wildman–Crippen MR) is 99.6 cm³/mol. The fourth-order valence-corrected chi connectivity index (χ4v) is 3.91. The summed E-state index contributed by atoms with van der Waals surface area (Å²) in [4.78, 5) is 36.8. The smallest absolute Gasteiger partial charge is 0.343 e. The second kappa shape index (κ2) is 8.73. The van der Waals surface area contributed by atoms with Crippen LogP contribution in [0.2, 0.25) is 5.02 Å². The normalized spacial score (nSPS) is 15.8. The Morgan fingerprint density at radius 2 is 2.12 bits per heavy atom. The van der Waals surface area contributed by atoms with Gasteiger partial charge in [0.05, 0.1) is 21.5 Å². The molecule has 1 saturated heterocycles. The molecule has 0 unspecified atom stereocenters. The van der Waals surface area contributed by atoms with Crippen LogP contribution in [0.5, 0.6) is 5.75 Å². The number of rotatable bonds is 6. The van der Waals surface area contributed by atoms with Gasteiger partial charge in [-0.3, -0.25) is 14.5 Å². The standard InChI is InChI=1S/C16H15BrClNO5S/c1-3-4-19-15(21)12(25-16(19)22)7-9-5-10(17)14(11(18)6-9)24-8-13(20)23-2/h5-7H,3-4,8H2,1-2H3/b12-7+. The molecule has 2 rings (SSSR count). The van der Waals surface area contributed by atoms with Crippen LogP contribution in [0, 0.1) is 0 Å². The van der Waals surface area contributed by atoms with Gasteiger partial charge in [0.25, 0.3) is 11.1 Å². The van der Waals surface area contributed by atoms with Crippen LogP contribution in [0.3, 0.4) is 0 Å². The van der Waals surface area contributed by atoms with E-state index in [1.54, 1.807) is 18.2 Å². The molecule has 0 atom stereocenters. The Bertz CT molecular complexity index is 729. The van der Waals surface area contributed by atoms with Gasteiger partial charge in [-0.1, -0.05) is 18.5 Å². The number of esters is 1. The topological polar surface area (TPSA) is 72.9 Å². The molecule has 0 aliphatic carbocycles. The molecule has 1 aromatic rings. The number of hydrogen-bond acceptors (Lipinski definition) is 6. The molecule has 0 radical (unpaired) electrons. The van der Waals surface area contributed by atoms with E-state index < -0.39 is 5.97 Å². The Balaban J connectivity index is 2.22. The highest BCUT2D eigenvalue weighted by atomic mass is 79.9. The molecule has 134 valence electrons. The van der Waals surface area contributed by atoms with Crippen LogP contribution in [0.1, 0.15) is 18.9 Å². The quantitative estimate of drug-likeness (QED) is 0.482. The molecule has 25 heavy (non-hydrogen) atoms. The summed E-state index contributed by atoms with van der Waals surface area (Å²) in [6.07, 6.45) is 2.30. The number of methoxy groups -OCH3 is 1. The first-order valence-electron chi connectivity index (χ1n) is 7.31. The minimum Gasteiger partial charge on any atom is -0.479 e. The average Bonchev–Trinajstić information content (AvgIpc) is 2.81. The largest absolute Gasteiger partial charge is 0.479 e. The number of carbonyl (C=O) groups is 3. The minimum atomic E-state index is -0.531. The molecule has 1 heterocycles. The zero-order valence-corrected chi connectivity index (χ0v) is 16.7. The first-order valence-corrected chi connectivity index (χ1v) is 9.30. The second-order valence-electron chi connectivity index (χ2n) is 5.01. The zero-order chi connectivity index (χ0) is 18.6. The molecule has 1 fully saturated rings. The molecular formula is C16H15BrClNO5S. The first-order chi connectivity index (χ1) is 11.9. The Morgan fingerprint density at radius 3 is 2.72 bits per heavy atom. The van der Waals surface area contributed by atoms with Crippen molar-refractivity contribution in [1.29, 1.82) is 0 Å². The van der Waals surface area contributed by atoms with Gasteiger partial charge in [-0.2, -0.15) is 0 Å². The maximum atomic E-state index is 12.3. The van der Waals surface area contributed by atoms with Crippen LogP contribution >= 0.6 is 39.3 Å². The molecular weight excluding hydrogens is 434 g/mol. The minimum absolute atomic E-state index is 0.261. The molecule has 6 nitrogen and oxygen atoms in total. The maximum Gasteiger partial charge on any atom is 0.343 e. The van der Waals surface area contributed by atoms with Crippen molar-refractivity contribution in [2.24, 2.45) is 0 Å². The fourth-order valence-electron chi connectivity index (χ4n) is 2.06. The van der Waals surface area contributed by atoms with Crippen molar-refractivity contribution < 1.29 is 23.9 Å². The molecule has 0 N–H and O–H groups in total. The first kappa shape index (κ1) is 19.8. The lowest BCUT2D eigenvalue weighted by molar-refractivity contribution is -0.142. The number of nitrogens with zero attached hydrogens (tertiary/aromatic N) is 1. The number of hydrogen-bond donors (Lipinski definition) is 0. The highest BCUT2D eigenvalue weighted by Gasteiger charge is 2.34. The van der Waals surface area contributed by atoms with Crippen LogP contribution in [0.25, 0.3) is 6.08 Å². The van der Waals surface area contributed by atoms with E-state index in [2.05, 4.69) is 20.7 Å². The van der Waals surface area contributed by atoms with Gasteiger partial charge in [0.2, 0.25) is 0 Å². The van der Waals surface area contributed by atoms with Crippen molar-refractivity contribution >= 4 is 62.5 Å². The number of amides is 2. The number of imide groups is 1. The Kier molecular flexibility index (Phi) is 6.92. The lowest BCUT2D eigenvalue weighted by Crippen LogP contribution is -2.28. The number of benzene rings is 1. The number of thioether (sulfide) groups is 1. The summed E-state index contributed by atoms with van der Waals surface area (Å²) in [7, 11) is 1.26. The van der Waals surface area contributed by atoms with Gasteiger partial charge in [-0.15, -0.1) is 0 Å². The summed E-state index contributed by atoms with van der Waals surface area (Å²) >= 11 is 10.4. The van der Waals surface area contributed by atoms with Crippen LogP contribution < -0.4 is 4.74 Å². The van der Waals surface area contributed by atoms with Crippen LogP contribution in [-0.2, 0) is 14.3 Å². The third kappa shape index (κ3) is 4.77. The summed E-state index contributed by atoms with van der Waals surface area (Å²) in [5, 5.41) is -0.0152. The van der Waals surface area contributed by atoms with Crippen molar-refractivity contribution in [3.63, 3.8) is 0 Å². The lowest BCUT2D eigenvalue weighted by Gasteiger charge is -2.11. The number of ether oxygens (including phenoxy) is 2.